The molecule has 0 spiro atoms. The summed E-state index contributed by atoms with van der Waals surface area (Å²) >= 11 is 0. The number of aryl methyl sites for hydroxylation is 1. The lowest BCUT2D eigenvalue weighted by Gasteiger charge is -2.29. The van der Waals surface area contributed by atoms with E-state index in [1.54, 1.807) is 42.5 Å². The SMILES string of the molecule is Cc1[nH]c2c(c1C(O)Cc1ccccc1NS(=O)(=O)c1ccccc1)C(=O)CC(C)(C)C2. The van der Waals surface area contributed by atoms with Crippen LogP contribution < -0.4 is 4.72 Å². The van der Waals surface area contributed by atoms with Crippen LogP contribution in [0, 0.1) is 12.3 Å². The second-order valence-corrected chi connectivity index (χ2v) is 10.9. The number of nitrogens with one attached hydrogen (secondary N) is 2. The lowest BCUT2D eigenvalue weighted by atomic mass is 9.75. The lowest BCUT2D eigenvalue weighted by molar-refractivity contribution is 0.0903. The predicted octanol–water partition coefficient (Wildman–Crippen LogP) is 4.56. The molecule has 4 rings (SSSR count). The third-order valence-electron chi connectivity index (χ3n) is 5.95. The van der Waals surface area contributed by atoms with Crippen LogP contribution in [0.4, 0.5) is 5.69 Å². The number of aliphatic hydroxyl groups excluding tert-OH is 1. The maximum Gasteiger partial charge on any atom is 0.261 e. The van der Waals surface area contributed by atoms with Crippen molar-refractivity contribution < 1.29 is 18.3 Å². The van der Waals surface area contributed by atoms with E-state index < -0.39 is 16.1 Å². The number of benzene rings is 2. The number of hydrogen-bond donors (Lipinski definition) is 3. The van der Waals surface area contributed by atoms with Gasteiger partial charge in [-0.05, 0) is 42.5 Å². The van der Waals surface area contributed by atoms with Gasteiger partial charge in [-0.1, -0.05) is 50.2 Å². The van der Waals surface area contributed by atoms with Crippen molar-refractivity contribution in [3.63, 3.8) is 0 Å². The van der Waals surface area contributed by atoms with Crippen LogP contribution in [-0.4, -0.2) is 24.3 Å². The van der Waals surface area contributed by atoms with Gasteiger partial charge >= 0.3 is 0 Å². The van der Waals surface area contributed by atoms with Crippen molar-refractivity contribution in [2.75, 3.05) is 4.72 Å². The minimum absolute atomic E-state index is 0.0349. The summed E-state index contributed by atoms with van der Waals surface area (Å²) in [7, 11) is -3.76. The Labute approximate surface area is 188 Å². The van der Waals surface area contributed by atoms with Crippen molar-refractivity contribution in [2.24, 2.45) is 5.41 Å². The van der Waals surface area contributed by atoms with Gasteiger partial charge in [-0.25, -0.2) is 8.42 Å². The number of hydrogen-bond acceptors (Lipinski definition) is 4. The highest BCUT2D eigenvalue weighted by atomic mass is 32.2. The van der Waals surface area contributed by atoms with E-state index in [2.05, 4.69) is 23.6 Å². The Balaban J connectivity index is 1.63. The molecule has 0 aliphatic heterocycles. The van der Waals surface area contributed by atoms with Crippen molar-refractivity contribution >= 4 is 21.5 Å². The molecule has 0 amide bonds. The molecule has 3 N–H and O–H groups in total. The summed E-state index contributed by atoms with van der Waals surface area (Å²) in [6.07, 6.45) is 0.414. The number of para-hydroxylation sites is 1. The van der Waals surface area contributed by atoms with Gasteiger partial charge in [-0.2, -0.15) is 0 Å². The van der Waals surface area contributed by atoms with Crippen LogP contribution in [0.3, 0.4) is 0 Å². The van der Waals surface area contributed by atoms with Crippen LogP contribution in [0.5, 0.6) is 0 Å². The molecular weight excluding hydrogens is 424 g/mol. The Morgan fingerprint density at radius 1 is 1.06 bits per heavy atom. The minimum atomic E-state index is -3.76. The van der Waals surface area contributed by atoms with E-state index in [0.717, 1.165) is 17.8 Å². The Morgan fingerprint density at radius 2 is 1.72 bits per heavy atom. The van der Waals surface area contributed by atoms with Crippen molar-refractivity contribution in [2.45, 2.75) is 51.0 Å². The Bertz CT molecular complexity index is 1260. The van der Waals surface area contributed by atoms with E-state index in [1.807, 2.05) is 6.92 Å². The van der Waals surface area contributed by atoms with Gasteiger partial charge in [0.2, 0.25) is 0 Å². The highest BCUT2D eigenvalue weighted by Gasteiger charge is 2.36. The number of carbonyl (C=O) groups excluding carboxylic acids is 1. The van der Waals surface area contributed by atoms with Gasteiger partial charge in [0.1, 0.15) is 0 Å². The Kier molecular flexibility index (Phi) is 5.73. The quantitative estimate of drug-likeness (QED) is 0.511. The predicted molar refractivity (Wildman–Crippen MR) is 124 cm³/mol. The highest BCUT2D eigenvalue weighted by Crippen LogP contribution is 2.39. The molecule has 1 unspecified atom stereocenters. The van der Waals surface area contributed by atoms with Gasteiger partial charge in [0, 0.05) is 35.4 Å². The number of H-pyrrole nitrogens is 1. The number of aliphatic hydroxyl groups is 1. The zero-order chi connectivity index (χ0) is 23.1. The van der Waals surface area contributed by atoms with Crippen LogP contribution in [0.15, 0.2) is 59.5 Å². The third-order valence-corrected chi connectivity index (χ3v) is 7.33. The minimum Gasteiger partial charge on any atom is -0.388 e. The topological polar surface area (TPSA) is 99.3 Å². The van der Waals surface area contributed by atoms with Gasteiger partial charge in [0.25, 0.3) is 10.0 Å². The molecule has 32 heavy (non-hydrogen) atoms. The molecule has 2 aromatic carbocycles. The van der Waals surface area contributed by atoms with Crippen molar-refractivity contribution in [3.8, 4) is 0 Å². The van der Waals surface area contributed by atoms with Crippen LogP contribution in [-0.2, 0) is 22.9 Å². The number of fused-ring (bicyclic) bond motifs is 1. The molecule has 0 bridgehead atoms. The average molecular weight is 453 g/mol. The molecule has 1 heterocycles. The molecule has 1 aliphatic carbocycles. The summed E-state index contributed by atoms with van der Waals surface area (Å²) in [4.78, 5) is 16.3. The largest absolute Gasteiger partial charge is 0.388 e. The Hall–Kier alpha value is -2.90. The summed E-state index contributed by atoms with van der Waals surface area (Å²) in [5, 5.41) is 11.1. The maximum absolute atomic E-state index is 12.9. The van der Waals surface area contributed by atoms with E-state index in [0.29, 0.717) is 28.8 Å². The monoisotopic (exact) mass is 452 g/mol. The molecule has 0 saturated heterocycles. The molecule has 0 saturated carbocycles. The number of anilines is 1. The van der Waals surface area contributed by atoms with Gasteiger partial charge in [0.15, 0.2) is 5.78 Å². The molecule has 6 nitrogen and oxygen atoms in total. The van der Waals surface area contributed by atoms with E-state index in [1.165, 1.54) is 12.1 Å². The normalized spacial score (nSPS) is 16.4. The highest BCUT2D eigenvalue weighted by molar-refractivity contribution is 7.92. The van der Waals surface area contributed by atoms with E-state index in [9.17, 15) is 18.3 Å². The first-order valence-electron chi connectivity index (χ1n) is 10.7. The summed E-state index contributed by atoms with van der Waals surface area (Å²) in [6, 6.07) is 15.2. The van der Waals surface area contributed by atoms with Crippen LogP contribution in [0.25, 0.3) is 0 Å². The molecule has 1 aliphatic rings. The number of ketones is 1. The third kappa shape index (κ3) is 4.36. The first-order chi connectivity index (χ1) is 15.1. The number of sulfonamides is 1. The first-order valence-corrected chi connectivity index (χ1v) is 12.1. The number of Topliss-reactive ketones (excluding diaryl/α,β-unsaturated/α-hetero) is 1. The van der Waals surface area contributed by atoms with E-state index in [-0.39, 0.29) is 22.5 Å². The molecule has 0 radical (unpaired) electrons. The second-order valence-electron chi connectivity index (χ2n) is 9.25. The van der Waals surface area contributed by atoms with E-state index >= 15 is 0 Å². The average Bonchev–Trinajstić information content (AvgIpc) is 3.05. The smallest absolute Gasteiger partial charge is 0.261 e. The Morgan fingerprint density at radius 3 is 2.44 bits per heavy atom. The van der Waals surface area contributed by atoms with Gasteiger partial charge in [-0.15, -0.1) is 0 Å². The standard InChI is InChI=1S/C25H28N2O4S/c1-16-23(24-20(26-16)14-25(2,3)15-22(24)29)21(28)13-17-9-7-8-12-19(17)27-32(30,31)18-10-5-4-6-11-18/h4-12,21,26-28H,13-15H2,1-3H3. The van der Waals surface area contributed by atoms with Crippen LogP contribution >= 0.6 is 0 Å². The first kappa shape index (κ1) is 22.3. The second kappa shape index (κ2) is 8.22. The molecule has 1 atom stereocenters. The van der Waals surface area contributed by atoms with Crippen LogP contribution in [0.2, 0.25) is 0 Å². The molecule has 168 valence electrons. The molecular formula is C25H28N2O4S. The van der Waals surface area contributed by atoms with Crippen molar-refractivity contribution in [1.82, 2.24) is 4.98 Å². The summed E-state index contributed by atoms with van der Waals surface area (Å²) < 4.78 is 28.2. The zero-order valence-electron chi connectivity index (χ0n) is 18.5. The molecule has 0 fully saturated rings. The number of aromatic nitrogens is 1. The fourth-order valence-corrected chi connectivity index (χ4v) is 5.67. The number of carbonyl (C=O) groups is 1. The fourth-order valence-electron chi connectivity index (χ4n) is 4.55. The summed E-state index contributed by atoms with van der Waals surface area (Å²) in [6.45, 7) is 5.99. The van der Waals surface area contributed by atoms with E-state index in [4.69, 9.17) is 0 Å². The summed E-state index contributed by atoms with van der Waals surface area (Å²) in [5.41, 5.74) is 3.79. The zero-order valence-corrected chi connectivity index (χ0v) is 19.3. The number of rotatable bonds is 6. The van der Waals surface area contributed by atoms with Gasteiger partial charge < -0.3 is 10.1 Å². The molecule has 3 aromatic rings. The van der Waals surface area contributed by atoms with Crippen molar-refractivity contribution in [1.29, 1.82) is 0 Å². The van der Waals surface area contributed by atoms with Crippen LogP contribution in [0.1, 0.15) is 59.2 Å². The van der Waals surface area contributed by atoms with Crippen molar-refractivity contribution in [3.05, 3.63) is 82.7 Å². The number of aromatic amines is 1. The summed E-state index contributed by atoms with van der Waals surface area (Å²) in [5.74, 6) is 0.0349. The molecule has 1 aromatic heterocycles. The van der Waals surface area contributed by atoms with Gasteiger partial charge in [0.05, 0.1) is 16.7 Å². The lowest BCUT2D eigenvalue weighted by Crippen LogP contribution is -2.27. The fraction of sp³-hybridized carbons (Fsp3) is 0.320. The van der Waals surface area contributed by atoms with Gasteiger partial charge in [-0.3, -0.25) is 9.52 Å². The molecule has 7 heteroatoms. The maximum atomic E-state index is 12.9.